The Balaban J connectivity index is 1.92. The zero-order valence-electron chi connectivity index (χ0n) is 11.1. The van der Waals surface area contributed by atoms with Gasteiger partial charge in [0.05, 0.1) is 15.2 Å². The highest BCUT2D eigenvalue weighted by Gasteiger charge is 2.24. The third kappa shape index (κ3) is 2.57. The van der Waals surface area contributed by atoms with Crippen LogP contribution in [0.3, 0.4) is 0 Å². The molecule has 4 heteroatoms. The van der Waals surface area contributed by atoms with Gasteiger partial charge in [0.1, 0.15) is 5.82 Å². The number of nitrogens with zero attached hydrogens (tertiary/aromatic N) is 1. The van der Waals surface area contributed by atoms with Gasteiger partial charge >= 0.3 is 0 Å². The van der Waals surface area contributed by atoms with E-state index in [9.17, 15) is 4.39 Å². The second-order valence-corrected chi connectivity index (χ2v) is 6.30. The molecule has 20 heavy (non-hydrogen) atoms. The van der Waals surface area contributed by atoms with E-state index in [0.29, 0.717) is 6.42 Å². The fraction of sp³-hybridized carbons (Fsp3) is 0.188. The van der Waals surface area contributed by atoms with Crippen LogP contribution in [0.25, 0.3) is 10.2 Å². The maximum Gasteiger partial charge on any atom is 0.123 e. The van der Waals surface area contributed by atoms with E-state index in [1.54, 1.807) is 17.4 Å². The van der Waals surface area contributed by atoms with Gasteiger partial charge in [-0.3, -0.25) is 0 Å². The molecule has 0 fully saturated rings. The Kier molecular flexibility index (Phi) is 3.28. The number of para-hydroxylation sites is 1. The molecule has 2 aromatic carbocycles. The number of nitrogens with two attached hydrogens (primary N) is 1. The predicted molar refractivity (Wildman–Crippen MR) is 81.3 cm³/mol. The summed E-state index contributed by atoms with van der Waals surface area (Å²) in [6.45, 7) is 1.91. The minimum absolute atomic E-state index is 0.261. The summed E-state index contributed by atoms with van der Waals surface area (Å²) in [6, 6.07) is 14.5. The number of halogens is 1. The van der Waals surface area contributed by atoms with Crippen LogP contribution in [0.4, 0.5) is 4.39 Å². The first-order valence-electron chi connectivity index (χ1n) is 6.44. The second-order valence-electron chi connectivity index (χ2n) is 5.18. The summed E-state index contributed by atoms with van der Waals surface area (Å²) >= 11 is 1.64. The molecule has 0 aliphatic heterocycles. The molecule has 1 unspecified atom stereocenters. The van der Waals surface area contributed by atoms with Crippen LogP contribution < -0.4 is 5.73 Å². The normalized spacial score (nSPS) is 14.3. The summed E-state index contributed by atoms with van der Waals surface area (Å²) in [6.07, 6.45) is 0.593. The zero-order valence-corrected chi connectivity index (χ0v) is 12.0. The highest BCUT2D eigenvalue weighted by molar-refractivity contribution is 7.18. The SMILES string of the molecule is CC(N)(Cc1nc2ccccc2s1)c1cccc(F)c1. The molecule has 0 aliphatic carbocycles. The smallest absolute Gasteiger partial charge is 0.123 e. The predicted octanol–water partition coefficient (Wildman–Crippen LogP) is 3.85. The first kappa shape index (κ1) is 13.2. The number of benzene rings is 2. The lowest BCUT2D eigenvalue weighted by Gasteiger charge is -2.24. The lowest BCUT2D eigenvalue weighted by molar-refractivity contribution is 0.485. The summed E-state index contributed by atoms with van der Waals surface area (Å²) in [4.78, 5) is 4.59. The van der Waals surface area contributed by atoms with Crippen molar-refractivity contribution < 1.29 is 4.39 Å². The largest absolute Gasteiger partial charge is 0.321 e. The molecule has 0 aliphatic rings. The molecule has 1 atom stereocenters. The quantitative estimate of drug-likeness (QED) is 0.794. The third-order valence-corrected chi connectivity index (χ3v) is 4.38. The van der Waals surface area contributed by atoms with Gasteiger partial charge in [0.25, 0.3) is 0 Å². The van der Waals surface area contributed by atoms with Crippen molar-refractivity contribution >= 4 is 21.6 Å². The van der Waals surface area contributed by atoms with Crippen LogP contribution in [0, 0.1) is 5.82 Å². The van der Waals surface area contributed by atoms with Crippen LogP contribution in [0.1, 0.15) is 17.5 Å². The van der Waals surface area contributed by atoms with Gasteiger partial charge in [-0.2, -0.15) is 0 Å². The van der Waals surface area contributed by atoms with Crippen LogP contribution >= 0.6 is 11.3 Å². The molecule has 3 aromatic rings. The number of aromatic nitrogens is 1. The fourth-order valence-corrected chi connectivity index (χ4v) is 3.39. The van der Waals surface area contributed by atoms with Crippen molar-refractivity contribution in [1.29, 1.82) is 0 Å². The van der Waals surface area contributed by atoms with Crippen molar-refractivity contribution in [3.8, 4) is 0 Å². The van der Waals surface area contributed by atoms with Crippen molar-refractivity contribution in [2.75, 3.05) is 0 Å². The molecule has 102 valence electrons. The summed E-state index contributed by atoms with van der Waals surface area (Å²) in [5.74, 6) is -0.261. The number of fused-ring (bicyclic) bond motifs is 1. The van der Waals surface area contributed by atoms with E-state index in [2.05, 4.69) is 4.98 Å². The Morgan fingerprint density at radius 2 is 2.00 bits per heavy atom. The van der Waals surface area contributed by atoms with Gasteiger partial charge in [-0.1, -0.05) is 24.3 Å². The number of hydrogen-bond donors (Lipinski definition) is 1. The molecule has 0 amide bonds. The molecule has 0 saturated heterocycles. The van der Waals surface area contributed by atoms with Crippen molar-refractivity contribution in [2.45, 2.75) is 18.9 Å². The molecule has 2 nitrogen and oxygen atoms in total. The lowest BCUT2D eigenvalue weighted by atomic mass is 9.90. The van der Waals surface area contributed by atoms with Gasteiger partial charge in [-0.15, -0.1) is 11.3 Å². The Morgan fingerprint density at radius 1 is 1.20 bits per heavy atom. The number of thiazole rings is 1. The summed E-state index contributed by atoms with van der Waals surface area (Å²) in [5.41, 5.74) is 7.51. The van der Waals surface area contributed by atoms with Gasteiger partial charge in [-0.25, -0.2) is 9.37 Å². The standard InChI is InChI=1S/C16H15FN2S/c1-16(18,11-5-4-6-12(17)9-11)10-15-19-13-7-2-3-8-14(13)20-15/h2-9H,10,18H2,1H3. The maximum absolute atomic E-state index is 13.3. The summed E-state index contributed by atoms with van der Waals surface area (Å²) in [7, 11) is 0. The monoisotopic (exact) mass is 286 g/mol. The van der Waals surface area contributed by atoms with Gasteiger partial charge in [0, 0.05) is 12.0 Å². The van der Waals surface area contributed by atoms with Crippen LogP contribution in [-0.4, -0.2) is 4.98 Å². The first-order chi connectivity index (χ1) is 9.54. The Bertz CT molecular complexity index is 716. The number of rotatable bonds is 3. The number of hydrogen-bond acceptors (Lipinski definition) is 3. The average molecular weight is 286 g/mol. The van der Waals surface area contributed by atoms with E-state index in [0.717, 1.165) is 20.8 Å². The first-order valence-corrected chi connectivity index (χ1v) is 7.26. The Morgan fingerprint density at radius 3 is 2.75 bits per heavy atom. The second kappa shape index (κ2) is 4.96. The van der Waals surface area contributed by atoms with Crippen molar-refractivity contribution in [2.24, 2.45) is 5.73 Å². The molecule has 2 N–H and O–H groups in total. The van der Waals surface area contributed by atoms with E-state index in [1.165, 1.54) is 12.1 Å². The van der Waals surface area contributed by atoms with Crippen molar-refractivity contribution in [1.82, 2.24) is 4.98 Å². The molecular weight excluding hydrogens is 271 g/mol. The van der Waals surface area contributed by atoms with Crippen LogP contribution in [-0.2, 0) is 12.0 Å². The van der Waals surface area contributed by atoms with E-state index < -0.39 is 5.54 Å². The topological polar surface area (TPSA) is 38.9 Å². The zero-order chi connectivity index (χ0) is 14.2. The van der Waals surface area contributed by atoms with Crippen LogP contribution in [0.2, 0.25) is 0 Å². The van der Waals surface area contributed by atoms with Crippen LogP contribution in [0.15, 0.2) is 48.5 Å². The lowest BCUT2D eigenvalue weighted by Crippen LogP contribution is -2.35. The fourth-order valence-electron chi connectivity index (χ4n) is 2.26. The molecule has 0 radical (unpaired) electrons. The molecule has 0 saturated carbocycles. The van der Waals surface area contributed by atoms with Gasteiger partial charge in [0.15, 0.2) is 0 Å². The van der Waals surface area contributed by atoms with Gasteiger partial charge in [-0.05, 0) is 36.8 Å². The van der Waals surface area contributed by atoms with E-state index in [-0.39, 0.29) is 5.82 Å². The Hall–Kier alpha value is -1.78. The molecule has 1 heterocycles. The highest BCUT2D eigenvalue weighted by atomic mass is 32.1. The molecular formula is C16H15FN2S. The van der Waals surface area contributed by atoms with Gasteiger partial charge < -0.3 is 5.73 Å². The van der Waals surface area contributed by atoms with E-state index in [1.807, 2.05) is 37.3 Å². The van der Waals surface area contributed by atoms with E-state index in [4.69, 9.17) is 5.73 Å². The molecule has 0 spiro atoms. The molecule has 1 aromatic heterocycles. The maximum atomic E-state index is 13.3. The summed E-state index contributed by atoms with van der Waals surface area (Å²) < 4.78 is 14.5. The highest BCUT2D eigenvalue weighted by Crippen LogP contribution is 2.28. The van der Waals surface area contributed by atoms with Crippen molar-refractivity contribution in [3.63, 3.8) is 0 Å². The van der Waals surface area contributed by atoms with Crippen LogP contribution in [0.5, 0.6) is 0 Å². The van der Waals surface area contributed by atoms with Gasteiger partial charge in [0.2, 0.25) is 0 Å². The van der Waals surface area contributed by atoms with Crippen molar-refractivity contribution in [3.05, 3.63) is 64.9 Å². The molecule has 0 bridgehead atoms. The molecule has 3 rings (SSSR count). The minimum atomic E-state index is -0.629. The average Bonchev–Trinajstić information content (AvgIpc) is 2.80. The van der Waals surface area contributed by atoms with E-state index >= 15 is 0 Å². The third-order valence-electron chi connectivity index (χ3n) is 3.34. The summed E-state index contributed by atoms with van der Waals surface area (Å²) in [5, 5.41) is 0.973. The Labute approximate surface area is 121 Å². The minimum Gasteiger partial charge on any atom is -0.321 e.